The molecule has 5 atom stereocenters. The highest BCUT2D eigenvalue weighted by molar-refractivity contribution is 9.09. The smallest absolute Gasteiger partial charge is 0.0704 e. The van der Waals surface area contributed by atoms with E-state index in [4.69, 9.17) is 4.74 Å². The van der Waals surface area contributed by atoms with Crippen LogP contribution in [0.1, 0.15) is 46.5 Å². The van der Waals surface area contributed by atoms with Crippen LogP contribution in [-0.2, 0) is 4.74 Å². The lowest BCUT2D eigenvalue weighted by molar-refractivity contribution is -0.0541. The molecule has 15 heavy (non-hydrogen) atoms. The highest BCUT2D eigenvalue weighted by Crippen LogP contribution is 2.27. The second-order valence-corrected chi connectivity index (χ2v) is 5.94. The van der Waals surface area contributed by atoms with Crippen LogP contribution in [0.4, 0.5) is 0 Å². The summed E-state index contributed by atoms with van der Waals surface area (Å²) < 4.78 is 6.00. The summed E-state index contributed by atoms with van der Waals surface area (Å²) >= 11 is 3.65. The summed E-state index contributed by atoms with van der Waals surface area (Å²) in [5, 5.41) is 9.90. The minimum absolute atomic E-state index is 0.157. The number of rotatable bonds is 2. The second-order valence-electron chi connectivity index (χ2n) is 4.77. The van der Waals surface area contributed by atoms with Gasteiger partial charge in [-0.3, -0.25) is 0 Å². The third-order valence-corrected chi connectivity index (χ3v) is 4.55. The van der Waals surface area contributed by atoms with Gasteiger partial charge in [-0.05, 0) is 38.5 Å². The molecule has 1 aliphatic rings. The lowest BCUT2D eigenvalue weighted by Gasteiger charge is -2.32. The first kappa shape index (κ1) is 13.5. The Morgan fingerprint density at radius 2 is 2.07 bits per heavy atom. The van der Waals surface area contributed by atoms with Gasteiger partial charge in [0.15, 0.2) is 0 Å². The molecular weight excluding hydrogens is 256 g/mol. The van der Waals surface area contributed by atoms with Crippen molar-refractivity contribution in [1.82, 2.24) is 0 Å². The third kappa shape index (κ3) is 4.04. The minimum atomic E-state index is -0.157. The van der Waals surface area contributed by atoms with Crippen molar-refractivity contribution >= 4 is 15.9 Å². The first-order valence-electron chi connectivity index (χ1n) is 6.02. The molecule has 0 radical (unpaired) electrons. The average Bonchev–Trinajstić information content (AvgIpc) is 2.20. The summed E-state index contributed by atoms with van der Waals surface area (Å²) in [6.07, 6.45) is 4.21. The zero-order valence-corrected chi connectivity index (χ0v) is 11.5. The zero-order chi connectivity index (χ0) is 11.4. The van der Waals surface area contributed by atoms with E-state index >= 15 is 0 Å². The monoisotopic (exact) mass is 278 g/mol. The van der Waals surface area contributed by atoms with Crippen LogP contribution in [0.25, 0.3) is 0 Å². The van der Waals surface area contributed by atoms with Crippen molar-refractivity contribution < 1.29 is 9.84 Å². The molecular formula is C12H23BrO2. The Morgan fingerprint density at radius 3 is 2.67 bits per heavy atom. The average molecular weight is 279 g/mol. The van der Waals surface area contributed by atoms with Crippen molar-refractivity contribution in [3.05, 3.63) is 0 Å². The maximum Gasteiger partial charge on any atom is 0.0704 e. The molecule has 1 rings (SSSR count). The van der Waals surface area contributed by atoms with Crippen molar-refractivity contribution in [2.24, 2.45) is 5.92 Å². The van der Waals surface area contributed by atoms with Crippen LogP contribution in [-0.4, -0.2) is 28.2 Å². The standard InChI is InChI=1S/C12H23BrO2/c1-4-10(13)12-6-5-11(14)8(2)7-9(3)15-12/h8-12,14H,4-7H2,1-3H3/t8-,9+,10-,11+,12-/m0/s1. The van der Waals surface area contributed by atoms with Crippen molar-refractivity contribution in [3.63, 3.8) is 0 Å². The largest absolute Gasteiger partial charge is 0.393 e. The number of aliphatic hydroxyl groups is 1. The lowest BCUT2D eigenvalue weighted by atomic mass is 9.91. The molecule has 90 valence electrons. The molecule has 1 saturated heterocycles. The fourth-order valence-electron chi connectivity index (χ4n) is 2.25. The number of hydrogen-bond acceptors (Lipinski definition) is 2. The van der Waals surface area contributed by atoms with Gasteiger partial charge < -0.3 is 9.84 Å². The normalized spacial score (nSPS) is 40.6. The molecule has 2 nitrogen and oxygen atoms in total. The van der Waals surface area contributed by atoms with Gasteiger partial charge in [0.05, 0.1) is 18.3 Å². The van der Waals surface area contributed by atoms with Crippen molar-refractivity contribution in [2.75, 3.05) is 0 Å². The number of aliphatic hydroxyl groups excluding tert-OH is 1. The first-order chi connectivity index (χ1) is 7.04. The van der Waals surface area contributed by atoms with Gasteiger partial charge in [0.2, 0.25) is 0 Å². The van der Waals surface area contributed by atoms with E-state index in [0.29, 0.717) is 10.7 Å². The number of halogens is 1. The zero-order valence-electron chi connectivity index (χ0n) is 9.95. The Hall–Kier alpha value is 0.400. The molecule has 0 bridgehead atoms. The van der Waals surface area contributed by atoms with Gasteiger partial charge in [0.1, 0.15) is 0 Å². The third-order valence-electron chi connectivity index (χ3n) is 3.31. The summed E-state index contributed by atoms with van der Waals surface area (Å²) in [4.78, 5) is 0.417. The SMILES string of the molecule is CC[C@H](Br)[C@@H]1CC[C@@H](O)[C@@H](C)C[C@@H](C)O1. The maximum absolute atomic E-state index is 9.90. The summed E-state index contributed by atoms with van der Waals surface area (Å²) in [5.74, 6) is 0.358. The van der Waals surface area contributed by atoms with Gasteiger partial charge in [-0.15, -0.1) is 0 Å². The summed E-state index contributed by atoms with van der Waals surface area (Å²) in [6, 6.07) is 0. The Morgan fingerprint density at radius 1 is 1.40 bits per heavy atom. The molecule has 0 spiro atoms. The Bertz CT molecular complexity index is 186. The summed E-state index contributed by atoms with van der Waals surface area (Å²) in [6.45, 7) is 6.37. The van der Waals surface area contributed by atoms with E-state index in [1.54, 1.807) is 0 Å². The van der Waals surface area contributed by atoms with Crippen molar-refractivity contribution in [1.29, 1.82) is 0 Å². The van der Waals surface area contributed by atoms with E-state index in [0.717, 1.165) is 25.7 Å². The predicted molar refractivity (Wildman–Crippen MR) is 66.4 cm³/mol. The number of alkyl halides is 1. The lowest BCUT2D eigenvalue weighted by Crippen LogP contribution is -2.35. The van der Waals surface area contributed by atoms with Gasteiger partial charge in [-0.2, -0.15) is 0 Å². The Balaban J connectivity index is 2.55. The summed E-state index contributed by atoms with van der Waals surface area (Å²) in [5.41, 5.74) is 0. The van der Waals surface area contributed by atoms with Gasteiger partial charge in [-0.1, -0.05) is 29.8 Å². The molecule has 0 unspecified atom stereocenters. The first-order valence-corrected chi connectivity index (χ1v) is 6.93. The topological polar surface area (TPSA) is 29.5 Å². The van der Waals surface area contributed by atoms with E-state index < -0.39 is 0 Å². The molecule has 0 aliphatic carbocycles. The Labute approximate surface area is 102 Å². The predicted octanol–water partition coefficient (Wildman–Crippen LogP) is 3.11. The molecule has 1 aliphatic heterocycles. The molecule has 3 heteroatoms. The quantitative estimate of drug-likeness (QED) is 0.787. The van der Waals surface area contributed by atoms with Crippen molar-refractivity contribution in [3.8, 4) is 0 Å². The summed E-state index contributed by atoms with van der Waals surface area (Å²) in [7, 11) is 0. The van der Waals surface area contributed by atoms with Crippen LogP contribution >= 0.6 is 15.9 Å². The Kier molecular flexibility index (Phi) is 5.58. The molecule has 0 amide bonds. The van der Waals surface area contributed by atoms with Crippen LogP contribution in [0.15, 0.2) is 0 Å². The molecule has 0 saturated carbocycles. The molecule has 1 heterocycles. The van der Waals surface area contributed by atoms with E-state index in [1.165, 1.54) is 0 Å². The van der Waals surface area contributed by atoms with E-state index in [9.17, 15) is 5.11 Å². The van der Waals surface area contributed by atoms with Crippen LogP contribution in [0.3, 0.4) is 0 Å². The van der Waals surface area contributed by atoms with Crippen LogP contribution < -0.4 is 0 Å². The molecule has 1 N–H and O–H groups in total. The molecule has 1 fully saturated rings. The van der Waals surface area contributed by atoms with Gasteiger partial charge in [-0.25, -0.2) is 0 Å². The maximum atomic E-state index is 9.90. The highest BCUT2D eigenvalue weighted by Gasteiger charge is 2.27. The number of ether oxygens (including phenoxy) is 1. The van der Waals surface area contributed by atoms with Crippen LogP contribution in [0.5, 0.6) is 0 Å². The van der Waals surface area contributed by atoms with E-state index in [2.05, 4.69) is 36.7 Å². The van der Waals surface area contributed by atoms with Gasteiger partial charge in [0, 0.05) is 4.83 Å². The molecule has 0 aromatic heterocycles. The number of hydrogen-bond donors (Lipinski definition) is 1. The molecule has 0 aromatic rings. The molecule has 0 aromatic carbocycles. The fourth-order valence-corrected chi connectivity index (χ4v) is 2.64. The minimum Gasteiger partial charge on any atom is -0.393 e. The van der Waals surface area contributed by atoms with Crippen molar-refractivity contribution in [2.45, 2.75) is 69.6 Å². The van der Waals surface area contributed by atoms with Gasteiger partial charge >= 0.3 is 0 Å². The van der Waals surface area contributed by atoms with Crippen LogP contribution in [0, 0.1) is 5.92 Å². The van der Waals surface area contributed by atoms with E-state index in [-0.39, 0.29) is 18.3 Å². The second kappa shape index (κ2) is 6.21. The highest BCUT2D eigenvalue weighted by atomic mass is 79.9. The van der Waals surface area contributed by atoms with E-state index in [1.807, 2.05) is 0 Å². The van der Waals surface area contributed by atoms with Gasteiger partial charge in [0.25, 0.3) is 0 Å². The van der Waals surface area contributed by atoms with Crippen LogP contribution in [0.2, 0.25) is 0 Å². The fraction of sp³-hybridized carbons (Fsp3) is 1.00.